The van der Waals surface area contributed by atoms with E-state index in [1.807, 2.05) is 30.3 Å². The lowest BCUT2D eigenvalue weighted by Crippen LogP contribution is -2.50. The first-order chi connectivity index (χ1) is 11.1. The molecule has 126 valence electrons. The maximum Gasteiger partial charge on any atom is 0.410 e. The van der Waals surface area contributed by atoms with Crippen LogP contribution in [0.2, 0.25) is 0 Å². The molecule has 6 nitrogen and oxygen atoms in total. The van der Waals surface area contributed by atoms with Gasteiger partial charge in [-0.3, -0.25) is 4.79 Å². The van der Waals surface area contributed by atoms with Crippen LogP contribution in [-0.2, 0) is 20.9 Å². The molecule has 23 heavy (non-hydrogen) atoms. The van der Waals surface area contributed by atoms with Crippen molar-refractivity contribution in [2.24, 2.45) is 0 Å². The minimum atomic E-state index is -0.938. The highest BCUT2D eigenvalue weighted by atomic mass is 16.6. The van der Waals surface area contributed by atoms with Crippen molar-refractivity contribution in [3.05, 3.63) is 35.9 Å². The molecule has 1 heterocycles. The van der Waals surface area contributed by atoms with E-state index in [-0.39, 0.29) is 13.0 Å². The van der Waals surface area contributed by atoms with Crippen molar-refractivity contribution in [2.75, 3.05) is 13.7 Å². The van der Waals surface area contributed by atoms with E-state index in [2.05, 4.69) is 4.74 Å². The van der Waals surface area contributed by atoms with Gasteiger partial charge in [-0.05, 0) is 24.8 Å². The summed E-state index contributed by atoms with van der Waals surface area (Å²) in [6, 6.07) is 9.01. The Kier molecular flexibility index (Phi) is 6.40. The Labute approximate surface area is 136 Å². The second-order valence-electron chi connectivity index (χ2n) is 5.64. The molecule has 0 aliphatic carbocycles. The molecule has 1 amide bonds. The second kappa shape index (κ2) is 8.53. The van der Waals surface area contributed by atoms with E-state index in [0.29, 0.717) is 13.0 Å². The number of aliphatic hydroxyl groups is 1. The Morgan fingerprint density at radius 2 is 2.04 bits per heavy atom. The summed E-state index contributed by atoms with van der Waals surface area (Å²) in [6.45, 7) is 0.715. The number of hydrogen-bond acceptors (Lipinski definition) is 5. The third kappa shape index (κ3) is 4.96. The van der Waals surface area contributed by atoms with Gasteiger partial charge in [0, 0.05) is 6.54 Å². The lowest BCUT2D eigenvalue weighted by molar-refractivity contribution is -0.144. The molecule has 0 spiro atoms. The first kappa shape index (κ1) is 17.3. The van der Waals surface area contributed by atoms with Gasteiger partial charge in [-0.15, -0.1) is 0 Å². The van der Waals surface area contributed by atoms with Gasteiger partial charge in [-0.25, -0.2) is 4.79 Å². The van der Waals surface area contributed by atoms with Crippen molar-refractivity contribution in [3.63, 3.8) is 0 Å². The standard InChI is InChI=1S/C17H23NO5/c1-22-16(20)11-15(19)14-9-5-6-10-18(14)17(21)23-12-13-7-3-2-4-8-13/h2-4,7-8,14-15,19H,5-6,9-12H2,1H3. The third-order valence-electron chi connectivity index (χ3n) is 4.04. The smallest absolute Gasteiger partial charge is 0.410 e. The molecule has 1 saturated heterocycles. The van der Waals surface area contributed by atoms with Gasteiger partial charge in [0.2, 0.25) is 0 Å². The van der Waals surface area contributed by atoms with Gasteiger partial charge in [0.1, 0.15) is 6.61 Å². The normalized spacial score (nSPS) is 19.0. The highest BCUT2D eigenvalue weighted by Gasteiger charge is 2.34. The Balaban J connectivity index is 1.94. The Hall–Kier alpha value is -2.08. The summed E-state index contributed by atoms with van der Waals surface area (Å²) in [5.41, 5.74) is 0.907. The first-order valence-electron chi connectivity index (χ1n) is 7.84. The summed E-state index contributed by atoms with van der Waals surface area (Å²) < 4.78 is 9.92. The molecule has 1 aromatic rings. The number of amides is 1. The number of piperidine rings is 1. The molecule has 1 fully saturated rings. The first-order valence-corrected chi connectivity index (χ1v) is 7.84. The summed E-state index contributed by atoms with van der Waals surface area (Å²) in [5, 5.41) is 10.2. The highest BCUT2D eigenvalue weighted by Crippen LogP contribution is 2.22. The fourth-order valence-corrected chi connectivity index (χ4v) is 2.78. The lowest BCUT2D eigenvalue weighted by atomic mass is 9.96. The van der Waals surface area contributed by atoms with Crippen molar-refractivity contribution in [2.45, 2.75) is 44.4 Å². The maximum atomic E-state index is 12.3. The van der Waals surface area contributed by atoms with Crippen molar-refractivity contribution in [1.29, 1.82) is 0 Å². The number of methoxy groups -OCH3 is 1. The minimum absolute atomic E-state index is 0.121. The van der Waals surface area contributed by atoms with Crippen LogP contribution in [0.5, 0.6) is 0 Å². The molecule has 0 radical (unpaired) electrons. The molecule has 2 rings (SSSR count). The Morgan fingerprint density at radius 1 is 1.30 bits per heavy atom. The van der Waals surface area contributed by atoms with E-state index in [1.165, 1.54) is 12.0 Å². The zero-order chi connectivity index (χ0) is 16.7. The average Bonchev–Trinajstić information content (AvgIpc) is 2.60. The number of esters is 1. The molecule has 1 aromatic carbocycles. The van der Waals surface area contributed by atoms with Crippen LogP contribution in [0.25, 0.3) is 0 Å². The molecule has 6 heteroatoms. The predicted molar refractivity (Wildman–Crippen MR) is 83.6 cm³/mol. The number of nitrogens with zero attached hydrogens (tertiary/aromatic N) is 1. The number of rotatable bonds is 5. The molecule has 1 N–H and O–H groups in total. The topological polar surface area (TPSA) is 76.1 Å². The van der Waals surface area contributed by atoms with Gasteiger partial charge in [0.05, 0.1) is 25.7 Å². The van der Waals surface area contributed by atoms with Crippen LogP contribution in [0.3, 0.4) is 0 Å². The molecule has 2 atom stereocenters. The van der Waals surface area contributed by atoms with E-state index >= 15 is 0 Å². The van der Waals surface area contributed by atoms with Crippen LogP contribution >= 0.6 is 0 Å². The van der Waals surface area contributed by atoms with Gasteiger partial charge in [0.15, 0.2) is 0 Å². The summed E-state index contributed by atoms with van der Waals surface area (Å²) in [7, 11) is 1.28. The summed E-state index contributed by atoms with van der Waals surface area (Å²) in [5.74, 6) is -0.485. The minimum Gasteiger partial charge on any atom is -0.469 e. The number of likely N-dealkylation sites (tertiary alicyclic amines) is 1. The summed E-state index contributed by atoms with van der Waals surface area (Å²) in [4.78, 5) is 25.2. The average molecular weight is 321 g/mol. The molecule has 1 aliphatic rings. The Morgan fingerprint density at radius 3 is 2.74 bits per heavy atom. The molecule has 1 aliphatic heterocycles. The number of ether oxygens (including phenoxy) is 2. The number of aliphatic hydroxyl groups excluding tert-OH is 1. The largest absolute Gasteiger partial charge is 0.469 e. The van der Waals surface area contributed by atoms with E-state index < -0.39 is 24.2 Å². The van der Waals surface area contributed by atoms with E-state index in [4.69, 9.17) is 4.74 Å². The zero-order valence-electron chi connectivity index (χ0n) is 13.3. The van der Waals surface area contributed by atoms with Crippen LogP contribution in [0.4, 0.5) is 4.79 Å². The monoisotopic (exact) mass is 321 g/mol. The fraction of sp³-hybridized carbons (Fsp3) is 0.529. The van der Waals surface area contributed by atoms with Crippen LogP contribution in [-0.4, -0.2) is 47.9 Å². The summed E-state index contributed by atoms with van der Waals surface area (Å²) >= 11 is 0. The van der Waals surface area contributed by atoms with Crippen LogP contribution < -0.4 is 0 Å². The molecule has 2 unspecified atom stereocenters. The summed E-state index contributed by atoms with van der Waals surface area (Å²) in [6.07, 6.45) is 0.907. The third-order valence-corrected chi connectivity index (χ3v) is 4.04. The molecule has 0 aromatic heterocycles. The van der Waals surface area contributed by atoms with E-state index in [1.54, 1.807) is 0 Å². The highest BCUT2D eigenvalue weighted by molar-refractivity contribution is 5.71. The van der Waals surface area contributed by atoms with Gasteiger partial charge >= 0.3 is 12.1 Å². The predicted octanol–water partition coefficient (Wildman–Crippen LogP) is 2.10. The van der Waals surface area contributed by atoms with E-state index in [9.17, 15) is 14.7 Å². The van der Waals surface area contributed by atoms with Gasteiger partial charge in [-0.1, -0.05) is 30.3 Å². The molecular formula is C17H23NO5. The van der Waals surface area contributed by atoms with Crippen LogP contribution in [0.15, 0.2) is 30.3 Å². The number of carbonyl (C=O) groups is 2. The molecular weight excluding hydrogens is 298 g/mol. The van der Waals surface area contributed by atoms with Crippen LogP contribution in [0.1, 0.15) is 31.2 Å². The van der Waals surface area contributed by atoms with Crippen LogP contribution in [0, 0.1) is 0 Å². The van der Waals surface area contributed by atoms with Crippen molar-refractivity contribution in [1.82, 2.24) is 4.90 Å². The fourth-order valence-electron chi connectivity index (χ4n) is 2.78. The Bertz CT molecular complexity index is 519. The SMILES string of the molecule is COC(=O)CC(O)C1CCCCN1C(=O)OCc1ccccc1. The van der Waals surface area contributed by atoms with E-state index in [0.717, 1.165) is 18.4 Å². The van der Waals surface area contributed by atoms with Gasteiger partial charge < -0.3 is 19.5 Å². The zero-order valence-corrected chi connectivity index (χ0v) is 13.3. The maximum absolute atomic E-state index is 12.3. The van der Waals surface area contributed by atoms with Crippen molar-refractivity contribution >= 4 is 12.1 Å². The number of carbonyl (C=O) groups excluding carboxylic acids is 2. The molecule has 0 bridgehead atoms. The number of benzene rings is 1. The number of hydrogen-bond donors (Lipinski definition) is 1. The quantitative estimate of drug-likeness (QED) is 0.841. The van der Waals surface area contributed by atoms with Crippen molar-refractivity contribution < 1.29 is 24.2 Å². The van der Waals surface area contributed by atoms with Crippen molar-refractivity contribution in [3.8, 4) is 0 Å². The molecule has 0 saturated carbocycles. The van der Waals surface area contributed by atoms with Gasteiger partial charge in [0.25, 0.3) is 0 Å². The van der Waals surface area contributed by atoms with Gasteiger partial charge in [-0.2, -0.15) is 0 Å². The second-order valence-corrected chi connectivity index (χ2v) is 5.64. The lowest BCUT2D eigenvalue weighted by Gasteiger charge is -2.37.